The van der Waals surface area contributed by atoms with Crippen LogP contribution in [0.3, 0.4) is 0 Å². The number of carbonyl (C=O) groups excluding carboxylic acids is 1. The number of nitrogens with two attached hydrogens (primary N) is 1. The molecular formula is C20H32ClN3O2. The minimum Gasteiger partial charge on any atom is -0.396 e. The van der Waals surface area contributed by atoms with Gasteiger partial charge in [0.2, 0.25) is 5.91 Å². The van der Waals surface area contributed by atoms with Crippen LogP contribution in [-0.4, -0.2) is 42.3 Å². The number of benzene rings is 1. The molecule has 146 valence electrons. The summed E-state index contributed by atoms with van der Waals surface area (Å²) in [6, 6.07) is 7.13. The summed E-state index contributed by atoms with van der Waals surface area (Å²) >= 11 is 6.17. The number of carbonyl (C=O) groups is 1. The zero-order valence-corrected chi connectivity index (χ0v) is 16.7. The third kappa shape index (κ3) is 5.68. The number of amides is 1. The highest BCUT2D eigenvalue weighted by atomic mass is 35.5. The lowest BCUT2D eigenvalue weighted by Crippen LogP contribution is -2.45. The van der Waals surface area contributed by atoms with Gasteiger partial charge in [0.25, 0.3) is 0 Å². The highest BCUT2D eigenvalue weighted by molar-refractivity contribution is 6.30. The Balaban J connectivity index is 2.19. The lowest BCUT2D eigenvalue weighted by atomic mass is 9.81. The van der Waals surface area contributed by atoms with E-state index in [1.165, 1.54) is 0 Å². The molecule has 0 spiro atoms. The van der Waals surface area contributed by atoms with Gasteiger partial charge in [-0.2, -0.15) is 0 Å². The van der Waals surface area contributed by atoms with Gasteiger partial charge in [0.05, 0.1) is 6.04 Å². The zero-order valence-electron chi connectivity index (χ0n) is 16.0. The number of halogens is 1. The third-order valence-electron chi connectivity index (χ3n) is 4.86. The highest BCUT2D eigenvalue weighted by Gasteiger charge is 2.45. The van der Waals surface area contributed by atoms with Gasteiger partial charge in [0.15, 0.2) is 0 Å². The van der Waals surface area contributed by atoms with Crippen LogP contribution in [0.2, 0.25) is 5.02 Å². The Morgan fingerprint density at radius 1 is 1.35 bits per heavy atom. The summed E-state index contributed by atoms with van der Waals surface area (Å²) in [6.07, 6.45) is 2.33. The fourth-order valence-electron chi connectivity index (χ4n) is 3.70. The van der Waals surface area contributed by atoms with Gasteiger partial charge in [-0.15, -0.1) is 0 Å². The molecule has 0 bridgehead atoms. The first-order valence-electron chi connectivity index (χ1n) is 9.38. The molecule has 0 aromatic heterocycles. The number of aliphatic hydroxyl groups is 1. The van der Waals surface area contributed by atoms with Crippen LogP contribution in [0.25, 0.3) is 0 Å². The number of nitrogens with one attached hydrogen (secondary N) is 2. The number of aliphatic hydroxyl groups excluding tert-OH is 1. The second kappa shape index (κ2) is 9.18. The van der Waals surface area contributed by atoms with Gasteiger partial charge in [-0.3, -0.25) is 4.79 Å². The van der Waals surface area contributed by atoms with Gasteiger partial charge in [-0.1, -0.05) is 44.5 Å². The largest absolute Gasteiger partial charge is 0.396 e. The SMILES string of the molecule is CC(C)(C)C[C@@H]1N[C@@H](C(=O)NCCCCO)[C@H](c2cccc(Cl)c2)C1N. The molecule has 5 nitrogen and oxygen atoms in total. The molecule has 26 heavy (non-hydrogen) atoms. The first-order valence-corrected chi connectivity index (χ1v) is 9.76. The molecule has 0 aliphatic carbocycles. The minimum absolute atomic E-state index is 0.0419. The summed E-state index contributed by atoms with van der Waals surface area (Å²) < 4.78 is 0. The Kier molecular flexibility index (Phi) is 7.47. The average molecular weight is 382 g/mol. The lowest BCUT2D eigenvalue weighted by molar-refractivity contribution is -0.123. The summed E-state index contributed by atoms with van der Waals surface area (Å²) in [5, 5.41) is 16.0. The van der Waals surface area contributed by atoms with E-state index >= 15 is 0 Å². The normalized spacial score (nSPS) is 26.1. The molecule has 5 N–H and O–H groups in total. The van der Waals surface area contributed by atoms with Crippen molar-refractivity contribution >= 4 is 17.5 Å². The van der Waals surface area contributed by atoms with Gasteiger partial charge < -0.3 is 21.5 Å². The van der Waals surface area contributed by atoms with Crippen LogP contribution < -0.4 is 16.4 Å². The Morgan fingerprint density at radius 2 is 2.08 bits per heavy atom. The van der Waals surface area contributed by atoms with Crippen molar-refractivity contribution in [3.63, 3.8) is 0 Å². The summed E-state index contributed by atoms with van der Waals surface area (Å²) in [5.74, 6) is -0.168. The number of rotatable bonds is 7. The van der Waals surface area contributed by atoms with Crippen molar-refractivity contribution in [2.75, 3.05) is 13.2 Å². The number of hydrogen-bond donors (Lipinski definition) is 4. The Labute approximate surface area is 161 Å². The summed E-state index contributed by atoms with van der Waals surface area (Å²) in [6.45, 7) is 7.23. The minimum atomic E-state index is -0.384. The summed E-state index contributed by atoms with van der Waals surface area (Å²) in [4.78, 5) is 12.8. The van der Waals surface area contributed by atoms with Gasteiger partial charge >= 0.3 is 0 Å². The molecule has 1 aliphatic heterocycles. The van der Waals surface area contributed by atoms with Crippen LogP contribution >= 0.6 is 11.6 Å². The molecule has 2 rings (SSSR count). The Bertz CT molecular complexity index is 603. The molecule has 0 saturated carbocycles. The van der Waals surface area contributed by atoms with E-state index in [2.05, 4.69) is 31.4 Å². The molecule has 1 unspecified atom stereocenters. The van der Waals surface area contributed by atoms with Crippen molar-refractivity contribution in [2.24, 2.45) is 11.1 Å². The van der Waals surface area contributed by atoms with Crippen molar-refractivity contribution in [3.8, 4) is 0 Å². The molecule has 1 amide bonds. The fourth-order valence-corrected chi connectivity index (χ4v) is 3.90. The van der Waals surface area contributed by atoms with E-state index in [1.54, 1.807) is 0 Å². The molecule has 1 fully saturated rings. The van der Waals surface area contributed by atoms with Crippen LogP contribution in [0, 0.1) is 5.41 Å². The molecule has 1 heterocycles. The first kappa shape index (κ1) is 21.2. The van der Waals surface area contributed by atoms with E-state index in [0.717, 1.165) is 18.4 Å². The third-order valence-corrected chi connectivity index (χ3v) is 5.10. The van der Waals surface area contributed by atoms with Crippen molar-refractivity contribution in [1.82, 2.24) is 10.6 Å². The van der Waals surface area contributed by atoms with Gasteiger partial charge in [0, 0.05) is 36.2 Å². The smallest absolute Gasteiger partial charge is 0.237 e. The maximum Gasteiger partial charge on any atom is 0.237 e. The van der Waals surface area contributed by atoms with E-state index in [1.807, 2.05) is 24.3 Å². The highest BCUT2D eigenvalue weighted by Crippen LogP contribution is 2.35. The average Bonchev–Trinajstić information content (AvgIpc) is 2.86. The van der Waals surface area contributed by atoms with Crippen LogP contribution in [0.1, 0.15) is 51.5 Å². The van der Waals surface area contributed by atoms with Crippen molar-refractivity contribution in [2.45, 2.75) is 64.1 Å². The van der Waals surface area contributed by atoms with Crippen LogP contribution in [0.5, 0.6) is 0 Å². The molecule has 1 aromatic carbocycles. The molecule has 6 heteroatoms. The van der Waals surface area contributed by atoms with E-state index in [-0.39, 0.29) is 42.0 Å². The van der Waals surface area contributed by atoms with Crippen molar-refractivity contribution in [3.05, 3.63) is 34.9 Å². The van der Waals surface area contributed by atoms with Gasteiger partial charge in [-0.25, -0.2) is 0 Å². The van der Waals surface area contributed by atoms with Crippen molar-refractivity contribution < 1.29 is 9.90 Å². The maximum atomic E-state index is 12.8. The van der Waals surface area contributed by atoms with E-state index in [0.29, 0.717) is 18.0 Å². The quantitative estimate of drug-likeness (QED) is 0.546. The molecule has 0 radical (unpaired) electrons. The van der Waals surface area contributed by atoms with E-state index < -0.39 is 0 Å². The second-order valence-corrected chi connectivity index (χ2v) is 8.83. The summed E-state index contributed by atoms with van der Waals surface area (Å²) in [7, 11) is 0. The van der Waals surface area contributed by atoms with E-state index in [9.17, 15) is 4.79 Å². The topological polar surface area (TPSA) is 87.4 Å². The maximum absolute atomic E-state index is 12.8. The van der Waals surface area contributed by atoms with Gasteiger partial charge in [0.1, 0.15) is 0 Å². The standard InChI is InChI=1S/C20H32ClN3O2/c1-20(2,3)12-15-17(22)16(13-7-6-8-14(21)11-13)18(24-15)19(26)23-9-4-5-10-25/h6-8,11,15-18,24-25H,4-5,9-10,12,22H2,1-3H3,(H,23,26)/t15-,16+,17?,18+/m0/s1. The molecule has 1 aliphatic rings. The molecule has 1 saturated heterocycles. The second-order valence-electron chi connectivity index (χ2n) is 8.40. The molecular weight excluding hydrogens is 350 g/mol. The Hall–Kier alpha value is -1.14. The fraction of sp³-hybridized carbons (Fsp3) is 0.650. The number of hydrogen-bond acceptors (Lipinski definition) is 4. The predicted octanol–water partition coefficient (Wildman–Crippen LogP) is 2.42. The summed E-state index contributed by atoms with van der Waals surface area (Å²) in [5.41, 5.74) is 7.70. The first-order chi connectivity index (χ1) is 12.2. The monoisotopic (exact) mass is 381 g/mol. The molecule has 4 atom stereocenters. The lowest BCUT2D eigenvalue weighted by Gasteiger charge is -2.27. The van der Waals surface area contributed by atoms with Crippen LogP contribution in [0.4, 0.5) is 0 Å². The Morgan fingerprint density at radius 3 is 2.69 bits per heavy atom. The molecule has 1 aromatic rings. The van der Waals surface area contributed by atoms with Crippen LogP contribution in [-0.2, 0) is 4.79 Å². The van der Waals surface area contributed by atoms with Crippen LogP contribution in [0.15, 0.2) is 24.3 Å². The van der Waals surface area contributed by atoms with Gasteiger partial charge in [-0.05, 0) is 42.4 Å². The number of unbranched alkanes of at least 4 members (excludes halogenated alkanes) is 1. The van der Waals surface area contributed by atoms with E-state index in [4.69, 9.17) is 22.4 Å². The predicted molar refractivity (Wildman–Crippen MR) is 106 cm³/mol. The zero-order chi connectivity index (χ0) is 19.3. The van der Waals surface area contributed by atoms with Crippen molar-refractivity contribution in [1.29, 1.82) is 0 Å².